The molecule has 22 heavy (non-hydrogen) atoms. The lowest BCUT2D eigenvalue weighted by Gasteiger charge is -2.12. The van der Waals surface area contributed by atoms with Crippen molar-refractivity contribution in [3.05, 3.63) is 54.1 Å². The highest BCUT2D eigenvalue weighted by atomic mass is 19.3. The molecule has 0 saturated carbocycles. The van der Waals surface area contributed by atoms with Gasteiger partial charge in [-0.15, -0.1) is 0 Å². The molecule has 0 aliphatic heterocycles. The number of hydrogen-bond acceptors (Lipinski definition) is 4. The lowest BCUT2D eigenvalue weighted by atomic mass is 10.1. The number of carbonyl (C=O) groups excluding carboxylic acids is 1. The van der Waals surface area contributed by atoms with Crippen molar-refractivity contribution in [3.63, 3.8) is 0 Å². The molecule has 0 aromatic heterocycles. The Bertz CT molecular complexity index is 630. The minimum Gasteiger partial charge on any atom is -0.462 e. The fourth-order valence-corrected chi connectivity index (χ4v) is 1.85. The predicted octanol–water partition coefficient (Wildman–Crippen LogP) is 4.21. The highest BCUT2D eigenvalue weighted by Crippen LogP contribution is 2.24. The largest absolute Gasteiger partial charge is 0.462 e. The van der Waals surface area contributed by atoms with Crippen molar-refractivity contribution in [2.45, 2.75) is 13.5 Å². The molecule has 0 aliphatic carbocycles. The van der Waals surface area contributed by atoms with E-state index in [1.54, 1.807) is 43.3 Å². The molecule has 2 aromatic carbocycles. The minimum atomic E-state index is -2.86. The monoisotopic (exact) mass is 307 g/mol. The molecule has 116 valence electrons. The molecular weight excluding hydrogens is 292 g/mol. The van der Waals surface area contributed by atoms with Crippen LogP contribution in [0.1, 0.15) is 17.3 Å². The number of ether oxygens (including phenoxy) is 2. The van der Waals surface area contributed by atoms with Gasteiger partial charge in [0.15, 0.2) is 0 Å². The van der Waals surface area contributed by atoms with Gasteiger partial charge in [-0.3, -0.25) is 0 Å². The summed E-state index contributed by atoms with van der Waals surface area (Å²) in [6, 6.07) is 12.9. The van der Waals surface area contributed by atoms with Gasteiger partial charge in [0.25, 0.3) is 0 Å². The van der Waals surface area contributed by atoms with E-state index in [0.29, 0.717) is 16.9 Å². The summed E-state index contributed by atoms with van der Waals surface area (Å²) in [5, 5.41) is 3.05. The van der Waals surface area contributed by atoms with Crippen LogP contribution in [0.2, 0.25) is 0 Å². The van der Waals surface area contributed by atoms with Gasteiger partial charge < -0.3 is 14.8 Å². The van der Waals surface area contributed by atoms with Gasteiger partial charge >= 0.3 is 12.6 Å². The Morgan fingerprint density at radius 1 is 1.14 bits per heavy atom. The second kappa shape index (κ2) is 7.40. The fourth-order valence-electron chi connectivity index (χ4n) is 1.85. The van der Waals surface area contributed by atoms with Gasteiger partial charge in [0, 0.05) is 5.69 Å². The van der Waals surface area contributed by atoms with E-state index in [-0.39, 0.29) is 12.4 Å². The van der Waals surface area contributed by atoms with Crippen molar-refractivity contribution in [2.75, 3.05) is 11.9 Å². The molecule has 0 fully saturated rings. The Balaban J connectivity index is 2.15. The van der Waals surface area contributed by atoms with Crippen LogP contribution in [-0.4, -0.2) is 19.2 Å². The van der Waals surface area contributed by atoms with Gasteiger partial charge in [0.1, 0.15) is 5.75 Å². The quantitative estimate of drug-likeness (QED) is 0.812. The summed E-state index contributed by atoms with van der Waals surface area (Å²) in [4.78, 5) is 11.9. The molecule has 2 aromatic rings. The Morgan fingerprint density at radius 2 is 1.82 bits per heavy atom. The van der Waals surface area contributed by atoms with Crippen LogP contribution in [-0.2, 0) is 4.74 Å². The molecule has 0 radical (unpaired) electrons. The SMILES string of the molecule is CCOC(=O)c1ccccc1Nc1ccc(OC(F)F)cc1. The number of rotatable bonds is 6. The summed E-state index contributed by atoms with van der Waals surface area (Å²) in [5.74, 6) is -0.359. The topological polar surface area (TPSA) is 47.6 Å². The van der Waals surface area contributed by atoms with Gasteiger partial charge in [0.05, 0.1) is 17.9 Å². The van der Waals surface area contributed by atoms with Gasteiger partial charge in [-0.1, -0.05) is 12.1 Å². The highest BCUT2D eigenvalue weighted by molar-refractivity contribution is 5.96. The standard InChI is InChI=1S/C16H15F2NO3/c1-2-21-15(20)13-5-3-4-6-14(13)19-11-7-9-12(10-8-11)22-16(17)18/h3-10,16,19H,2H2,1H3. The molecular formula is C16H15F2NO3. The molecule has 2 rings (SSSR count). The Morgan fingerprint density at radius 3 is 2.45 bits per heavy atom. The lowest BCUT2D eigenvalue weighted by Crippen LogP contribution is -2.07. The predicted molar refractivity (Wildman–Crippen MR) is 78.8 cm³/mol. The van der Waals surface area contributed by atoms with Crippen LogP contribution in [0.25, 0.3) is 0 Å². The molecule has 0 amide bonds. The van der Waals surface area contributed by atoms with Gasteiger partial charge in [0.2, 0.25) is 0 Å². The van der Waals surface area contributed by atoms with Crippen LogP contribution < -0.4 is 10.1 Å². The van der Waals surface area contributed by atoms with E-state index in [0.717, 1.165) is 0 Å². The summed E-state index contributed by atoms with van der Waals surface area (Å²) in [6.45, 7) is -0.842. The first-order valence-corrected chi connectivity index (χ1v) is 6.68. The normalized spacial score (nSPS) is 10.4. The minimum absolute atomic E-state index is 0.0687. The number of para-hydroxylation sites is 1. The zero-order valence-corrected chi connectivity index (χ0v) is 11.9. The van der Waals surface area contributed by atoms with E-state index in [2.05, 4.69) is 10.1 Å². The van der Waals surface area contributed by atoms with E-state index >= 15 is 0 Å². The molecule has 0 aliphatic rings. The zero-order valence-electron chi connectivity index (χ0n) is 11.9. The Hall–Kier alpha value is -2.63. The smallest absolute Gasteiger partial charge is 0.387 e. The second-order valence-corrected chi connectivity index (χ2v) is 4.29. The van der Waals surface area contributed by atoms with Crippen LogP contribution in [0.3, 0.4) is 0 Å². The lowest BCUT2D eigenvalue weighted by molar-refractivity contribution is -0.0498. The average molecular weight is 307 g/mol. The summed E-state index contributed by atoms with van der Waals surface area (Å²) < 4.78 is 33.5. The van der Waals surface area contributed by atoms with Crippen molar-refractivity contribution < 1.29 is 23.0 Å². The number of nitrogens with one attached hydrogen (secondary N) is 1. The second-order valence-electron chi connectivity index (χ2n) is 4.29. The van der Waals surface area contributed by atoms with E-state index < -0.39 is 12.6 Å². The molecule has 4 nitrogen and oxygen atoms in total. The van der Waals surface area contributed by atoms with Crippen molar-refractivity contribution in [3.8, 4) is 5.75 Å². The zero-order chi connectivity index (χ0) is 15.9. The number of anilines is 2. The number of benzene rings is 2. The molecule has 0 unspecified atom stereocenters. The highest BCUT2D eigenvalue weighted by Gasteiger charge is 2.12. The summed E-state index contributed by atoms with van der Waals surface area (Å²) in [5.41, 5.74) is 1.61. The molecule has 0 atom stereocenters. The molecule has 0 bridgehead atoms. The Labute approximate surface area is 126 Å². The maximum Gasteiger partial charge on any atom is 0.387 e. The van der Waals surface area contributed by atoms with Crippen LogP contribution in [0.5, 0.6) is 5.75 Å². The summed E-state index contributed by atoms with van der Waals surface area (Å²) in [6.07, 6.45) is 0. The third kappa shape index (κ3) is 4.18. The molecule has 0 heterocycles. The van der Waals surface area contributed by atoms with Crippen molar-refractivity contribution in [2.24, 2.45) is 0 Å². The van der Waals surface area contributed by atoms with E-state index in [1.165, 1.54) is 12.1 Å². The maximum absolute atomic E-state index is 12.1. The fraction of sp³-hybridized carbons (Fsp3) is 0.188. The third-order valence-electron chi connectivity index (χ3n) is 2.78. The van der Waals surface area contributed by atoms with Crippen LogP contribution in [0.4, 0.5) is 20.2 Å². The molecule has 0 spiro atoms. The summed E-state index contributed by atoms with van der Waals surface area (Å²) >= 11 is 0. The van der Waals surface area contributed by atoms with Crippen LogP contribution in [0.15, 0.2) is 48.5 Å². The van der Waals surface area contributed by atoms with Crippen molar-refractivity contribution in [1.29, 1.82) is 0 Å². The first kappa shape index (κ1) is 15.8. The first-order valence-electron chi connectivity index (χ1n) is 6.68. The Kier molecular flexibility index (Phi) is 5.30. The van der Waals surface area contributed by atoms with Crippen LogP contribution >= 0.6 is 0 Å². The van der Waals surface area contributed by atoms with Crippen molar-refractivity contribution in [1.82, 2.24) is 0 Å². The summed E-state index contributed by atoms with van der Waals surface area (Å²) in [7, 11) is 0. The van der Waals surface area contributed by atoms with E-state index in [4.69, 9.17) is 4.74 Å². The number of esters is 1. The molecule has 6 heteroatoms. The van der Waals surface area contributed by atoms with Gasteiger partial charge in [-0.2, -0.15) is 8.78 Å². The number of halogens is 2. The first-order chi connectivity index (χ1) is 10.6. The van der Waals surface area contributed by atoms with E-state index in [1.807, 2.05) is 0 Å². The van der Waals surface area contributed by atoms with Gasteiger partial charge in [-0.25, -0.2) is 4.79 Å². The number of hydrogen-bond donors (Lipinski definition) is 1. The van der Waals surface area contributed by atoms with E-state index in [9.17, 15) is 13.6 Å². The number of carbonyl (C=O) groups is 1. The third-order valence-corrected chi connectivity index (χ3v) is 2.78. The average Bonchev–Trinajstić information content (AvgIpc) is 2.49. The number of alkyl halides is 2. The van der Waals surface area contributed by atoms with Crippen LogP contribution in [0, 0.1) is 0 Å². The molecule has 0 saturated heterocycles. The maximum atomic E-state index is 12.1. The van der Waals surface area contributed by atoms with Crippen molar-refractivity contribution >= 4 is 17.3 Å². The molecule has 1 N–H and O–H groups in total. The van der Waals surface area contributed by atoms with Gasteiger partial charge in [-0.05, 0) is 43.3 Å².